The Morgan fingerprint density at radius 3 is 2.64 bits per heavy atom. The van der Waals surface area contributed by atoms with Crippen molar-refractivity contribution in [2.24, 2.45) is 0 Å². The van der Waals surface area contributed by atoms with E-state index in [1.807, 2.05) is 12.1 Å². The fourth-order valence-electron chi connectivity index (χ4n) is 5.33. The number of hydrogen-bond donors (Lipinski definition) is 2. The molecular formula is C26H39N5O2. The molecule has 1 aliphatic heterocycles. The number of aromatic nitrogens is 2. The van der Waals surface area contributed by atoms with Crippen LogP contribution < -0.4 is 11.1 Å². The molecule has 7 heteroatoms. The predicted octanol–water partition coefficient (Wildman–Crippen LogP) is 5.00. The minimum absolute atomic E-state index is 0.264. The maximum atomic E-state index is 6.02. The fourth-order valence-corrected chi connectivity index (χ4v) is 5.33. The highest BCUT2D eigenvalue weighted by Crippen LogP contribution is 2.39. The summed E-state index contributed by atoms with van der Waals surface area (Å²) < 4.78 is 5.88. The number of anilines is 2. The average Bonchev–Trinajstić information content (AvgIpc) is 2.84. The second-order valence-electron chi connectivity index (χ2n) is 9.61. The molecule has 0 bridgehead atoms. The van der Waals surface area contributed by atoms with Crippen LogP contribution in [0.15, 0.2) is 30.5 Å². The third-order valence-corrected chi connectivity index (χ3v) is 6.98. The Hall–Kier alpha value is -2.22. The molecule has 1 aliphatic carbocycles. The topological polar surface area (TPSA) is 85.5 Å². The van der Waals surface area contributed by atoms with Crippen molar-refractivity contribution in [3.63, 3.8) is 0 Å². The van der Waals surface area contributed by atoms with Crippen LogP contribution in [0.1, 0.15) is 70.3 Å². The van der Waals surface area contributed by atoms with Gasteiger partial charge >= 0.3 is 0 Å². The van der Waals surface area contributed by atoms with Crippen molar-refractivity contribution in [1.29, 1.82) is 0 Å². The second kappa shape index (κ2) is 11.3. The number of pyridine rings is 2. The molecule has 1 saturated heterocycles. The zero-order valence-electron chi connectivity index (χ0n) is 20.3. The minimum atomic E-state index is 0.264. The molecule has 2 aromatic heterocycles. The monoisotopic (exact) mass is 453 g/mol. The Kier molecular flexibility index (Phi) is 8.17. The van der Waals surface area contributed by atoms with Crippen LogP contribution in [0.4, 0.5) is 11.6 Å². The van der Waals surface area contributed by atoms with Crippen molar-refractivity contribution in [3.8, 4) is 11.3 Å². The molecule has 0 unspecified atom stereocenters. The van der Waals surface area contributed by atoms with Crippen molar-refractivity contribution in [3.05, 3.63) is 36.0 Å². The highest BCUT2D eigenvalue weighted by atomic mass is 16.7. The van der Waals surface area contributed by atoms with E-state index in [1.54, 1.807) is 13.3 Å². The summed E-state index contributed by atoms with van der Waals surface area (Å²) in [6.07, 6.45) is 10.0. The lowest BCUT2D eigenvalue weighted by Gasteiger charge is -2.37. The maximum Gasteiger partial charge on any atom is 0.126 e. The molecule has 0 amide bonds. The molecular weight excluding hydrogens is 414 g/mol. The quantitative estimate of drug-likeness (QED) is 0.544. The van der Waals surface area contributed by atoms with Gasteiger partial charge in [0, 0.05) is 37.0 Å². The zero-order chi connectivity index (χ0) is 23.2. The van der Waals surface area contributed by atoms with Gasteiger partial charge in [-0.3, -0.25) is 0 Å². The molecule has 4 rings (SSSR count). The van der Waals surface area contributed by atoms with Crippen molar-refractivity contribution in [2.75, 3.05) is 31.3 Å². The number of ether oxygens (including phenoxy) is 1. The molecule has 1 saturated carbocycles. The Labute approximate surface area is 198 Å². The van der Waals surface area contributed by atoms with Gasteiger partial charge in [-0.15, -0.1) is 0 Å². The van der Waals surface area contributed by atoms with Crippen molar-refractivity contribution >= 4 is 11.6 Å². The number of nitrogens with one attached hydrogen (secondary N) is 1. The highest BCUT2D eigenvalue weighted by molar-refractivity contribution is 5.68. The summed E-state index contributed by atoms with van der Waals surface area (Å²) in [5.74, 6) is 1.88. The van der Waals surface area contributed by atoms with E-state index in [0.29, 0.717) is 23.8 Å². The van der Waals surface area contributed by atoms with Gasteiger partial charge in [0.15, 0.2) is 0 Å². The van der Waals surface area contributed by atoms with E-state index in [9.17, 15) is 0 Å². The summed E-state index contributed by atoms with van der Waals surface area (Å²) in [7, 11) is 1.78. The van der Waals surface area contributed by atoms with E-state index in [0.717, 1.165) is 62.3 Å². The summed E-state index contributed by atoms with van der Waals surface area (Å²) in [6, 6.07) is 9.16. The second-order valence-corrected chi connectivity index (χ2v) is 9.61. The molecule has 2 aliphatic rings. The van der Waals surface area contributed by atoms with Gasteiger partial charge in [-0.1, -0.05) is 6.07 Å². The van der Waals surface area contributed by atoms with Gasteiger partial charge in [-0.25, -0.2) is 9.97 Å². The summed E-state index contributed by atoms with van der Waals surface area (Å²) >= 11 is 0. The SMILES string of the molecule is CON(C(C)C)[C@H]1CC[C@H](c2ccc(NC[C@H]3CCCCO3)nc2-c2ccnc(N)c2)CC1. The van der Waals surface area contributed by atoms with Crippen LogP contribution in [0.2, 0.25) is 0 Å². The number of nitrogen functional groups attached to an aromatic ring is 1. The molecule has 3 N–H and O–H groups in total. The lowest BCUT2D eigenvalue weighted by Crippen LogP contribution is -2.41. The normalized spacial score (nSPS) is 23.7. The highest BCUT2D eigenvalue weighted by Gasteiger charge is 2.30. The van der Waals surface area contributed by atoms with Crippen LogP contribution in [0.25, 0.3) is 11.3 Å². The summed E-state index contributed by atoms with van der Waals surface area (Å²) in [5.41, 5.74) is 9.36. The van der Waals surface area contributed by atoms with E-state index >= 15 is 0 Å². The van der Waals surface area contributed by atoms with Crippen LogP contribution in [0, 0.1) is 0 Å². The Balaban J connectivity index is 1.53. The number of hydrogen-bond acceptors (Lipinski definition) is 7. The summed E-state index contributed by atoms with van der Waals surface area (Å²) in [6.45, 7) is 6.03. The first-order chi connectivity index (χ1) is 16.0. The van der Waals surface area contributed by atoms with Gasteiger partial charge in [0.05, 0.1) is 18.9 Å². The maximum absolute atomic E-state index is 6.02. The van der Waals surface area contributed by atoms with Crippen molar-refractivity contribution < 1.29 is 9.57 Å². The minimum Gasteiger partial charge on any atom is -0.384 e. The van der Waals surface area contributed by atoms with Gasteiger partial charge in [-0.05, 0) is 88.5 Å². The molecule has 2 fully saturated rings. The third-order valence-electron chi connectivity index (χ3n) is 6.98. The van der Waals surface area contributed by atoms with Crippen LogP contribution in [-0.4, -0.2) is 53.5 Å². The third kappa shape index (κ3) is 6.02. The number of hydroxylamine groups is 2. The van der Waals surface area contributed by atoms with Crippen molar-refractivity contribution in [2.45, 2.75) is 82.9 Å². The molecule has 2 aromatic rings. The lowest BCUT2D eigenvalue weighted by atomic mass is 9.80. The van der Waals surface area contributed by atoms with Crippen LogP contribution in [0.3, 0.4) is 0 Å². The average molecular weight is 454 g/mol. The van der Waals surface area contributed by atoms with Crippen molar-refractivity contribution in [1.82, 2.24) is 15.0 Å². The predicted molar refractivity (Wildman–Crippen MR) is 133 cm³/mol. The van der Waals surface area contributed by atoms with Gasteiger partial charge in [0.1, 0.15) is 11.6 Å². The van der Waals surface area contributed by atoms with Crippen LogP contribution in [0.5, 0.6) is 0 Å². The Morgan fingerprint density at radius 1 is 1.15 bits per heavy atom. The lowest BCUT2D eigenvalue weighted by molar-refractivity contribution is -0.189. The molecule has 180 valence electrons. The first-order valence-electron chi connectivity index (χ1n) is 12.5. The van der Waals surface area contributed by atoms with Gasteiger partial charge in [0.25, 0.3) is 0 Å². The number of nitrogens with two attached hydrogens (primary N) is 1. The molecule has 7 nitrogen and oxygen atoms in total. The number of nitrogens with zero attached hydrogens (tertiary/aromatic N) is 3. The first-order valence-corrected chi connectivity index (χ1v) is 12.5. The summed E-state index contributed by atoms with van der Waals surface area (Å²) in [5, 5.41) is 5.66. The number of rotatable bonds is 8. The van der Waals surface area contributed by atoms with E-state index in [-0.39, 0.29) is 6.10 Å². The van der Waals surface area contributed by atoms with Gasteiger partial charge < -0.3 is 20.6 Å². The fraction of sp³-hybridized carbons (Fsp3) is 0.615. The first kappa shape index (κ1) is 23.9. The molecule has 0 spiro atoms. The molecule has 1 atom stereocenters. The van der Waals surface area contributed by atoms with Gasteiger partial charge in [-0.2, -0.15) is 5.06 Å². The largest absolute Gasteiger partial charge is 0.384 e. The van der Waals surface area contributed by atoms with Crippen LogP contribution in [-0.2, 0) is 9.57 Å². The Morgan fingerprint density at radius 2 is 1.97 bits per heavy atom. The Bertz CT molecular complexity index is 892. The van der Waals surface area contributed by atoms with E-state index in [2.05, 4.69) is 41.3 Å². The zero-order valence-corrected chi connectivity index (χ0v) is 20.3. The molecule has 3 heterocycles. The summed E-state index contributed by atoms with van der Waals surface area (Å²) in [4.78, 5) is 14.9. The van der Waals surface area contributed by atoms with E-state index in [4.69, 9.17) is 20.3 Å². The van der Waals surface area contributed by atoms with Crippen LogP contribution >= 0.6 is 0 Å². The molecule has 33 heavy (non-hydrogen) atoms. The molecule has 0 aromatic carbocycles. The smallest absolute Gasteiger partial charge is 0.126 e. The van der Waals surface area contributed by atoms with E-state index in [1.165, 1.54) is 18.4 Å². The van der Waals surface area contributed by atoms with Gasteiger partial charge in [0.2, 0.25) is 0 Å². The molecule has 0 radical (unpaired) electrons. The van der Waals surface area contributed by atoms with E-state index < -0.39 is 0 Å². The standard InChI is InChI=1S/C26H39N5O2/c1-18(2)31(32-3)21-9-7-19(8-10-21)23-11-12-25(29-17-22-6-4-5-15-33-22)30-26(23)20-13-14-28-24(27)16-20/h11-14,16,18-19,21-22H,4-10,15,17H2,1-3H3,(H2,27,28)(H,29,30)/t19-,21-,22-/m1/s1.